The van der Waals surface area contributed by atoms with E-state index in [0.717, 1.165) is 32.1 Å². The van der Waals surface area contributed by atoms with Gasteiger partial charge in [-0.1, -0.05) is 5.57 Å². The summed E-state index contributed by atoms with van der Waals surface area (Å²) in [5, 5.41) is 0. The van der Waals surface area contributed by atoms with Crippen LogP contribution in [0.4, 0.5) is 0 Å². The van der Waals surface area contributed by atoms with Crippen molar-refractivity contribution in [3.05, 3.63) is 22.9 Å². The summed E-state index contributed by atoms with van der Waals surface area (Å²) in [7, 11) is 2.54. The zero-order valence-corrected chi connectivity index (χ0v) is 14.7. The van der Waals surface area contributed by atoms with E-state index in [1.54, 1.807) is 21.3 Å². The minimum absolute atomic E-state index is 0.767. The maximum Gasteiger partial charge on any atom is 0.500 e. The Morgan fingerprint density at radius 3 is 2.48 bits per heavy atom. The van der Waals surface area contributed by atoms with Crippen molar-refractivity contribution in [2.45, 2.75) is 32.7 Å². The van der Waals surface area contributed by atoms with Crippen molar-refractivity contribution in [3.8, 4) is 0 Å². The van der Waals surface area contributed by atoms with Crippen molar-refractivity contribution in [2.75, 3.05) is 34.5 Å². The van der Waals surface area contributed by atoms with Crippen LogP contribution >= 0.6 is 0 Å². The van der Waals surface area contributed by atoms with Gasteiger partial charge in [0.1, 0.15) is 6.67 Å². The van der Waals surface area contributed by atoms with E-state index in [-0.39, 0.29) is 0 Å². The first-order valence-corrected chi connectivity index (χ1v) is 9.30. The predicted molar refractivity (Wildman–Crippen MR) is 86.3 cm³/mol. The Labute approximate surface area is 128 Å². The largest absolute Gasteiger partial charge is 0.500 e. The van der Waals surface area contributed by atoms with Gasteiger partial charge in [-0.15, -0.1) is 0 Å². The third kappa shape index (κ3) is 3.45. The number of fused-ring (bicyclic) bond motifs is 1. The van der Waals surface area contributed by atoms with Crippen LogP contribution in [0.25, 0.3) is 0 Å². The van der Waals surface area contributed by atoms with Crippen LogP contribution in [0.15, 0.2) is 27.9 Å². The number of rotatable bonds is 7. The molecule has 0 bridgehead atoms. The summed E-state index contributed by atoms with van der Waals surface area (Å²) in [6, 6.07) is 0.823. The summed E-state index contributed by atoms with van der Waals surface area (Å²) in [6.45, 7) is 6.08. The number of allylic oxidation sites excluding steroid dienone is 4. The molecule has 118 valence electrons. The standard InChI is InChI=1S/C15H26N2O3Si/c1-12-9-14-15(10-13(12)2)17(11-16-14)7-6-8-21(18-3,19-4)20-5/h10H,6-9,11H2,1-5H3. The monoisotopic (exact) mass is 310 g/mol. The Bertz CT molecular complexity index is 473. The molecular weight excluding hydrogens is 284 g/mol. The highest BCUT2D eigenvalue weighted by Crippen LogP contribution is 2.28. The lowest BCUT2D eigenvalue weighted by Crippen LogP contribution is -2.43. The molecule has 0 aromatic heterocycles. The van der Waals surface area contributed by atoms with Gasteiger partial charge in [0.25, 0.3) is 0 Å². The normalized spacial score (nSPS) is 18.8. The highest BCUT2D eigenvalue weighted by Gasteiger charge is 2.37. The second-order valence-corrected chi connectivity index (χ2v) is 8.67. The summed E-state index contributed by atoms with van der Waals surface area (Å²) in [5.74, 6) is 0. The summed E-state index contributed by atoms with van der Waals surface area (Å²) in [4.78, 5) is 7.00. The van der Waals surface area contributed by atoms with Gasteiger partial charge in [0, 0.05) is 40.3 Å². The molecule has 0 aromatic carbocycles. The maximum atomic E-state index is 5.46. The molecule has 6 heteroatoms. The molecule has 0 amide bonds. The second-order valence-electron chi connectivity index (χ2n) is 5.58. The molecule has 0 saturated carbocycles. The molecule has 0 N–H and O–H groups in total. The Kier molecular flexibility index (Phi) is 5.37. The van der Waals surface area contributed by atoms with Gasteiger partial charge < -0.3 is 18.2 Å². The maximum absolute atomic E-state index is 5.46. The molecule has 0 fully saturated rings. The Morgan fingerprint density at radius 2 is 1.86 bits per heavy atom. The molecule has 2 aliphatic rings. The summed E-state index contributed by atoms with van der Waals surface area (Å²) in [5.41, 5.74) is 5.30. The highest BCUT2D eigenvalue weighted by atomic mass is 28.4. The summed E-state index contributed by atoms with van der Waals surface area (Å²) >= 11 is 0. The third-order valence-corrected chi connectivity index (χ3v) is 7.20. The Balaban J connectivity index is 1.93. The second kappa shape index (κ2) is 6.87. The zero-order valence-electron chi connectivity index (χ0n) is 13.7. The van der Waals surface area contributed by atoms with E-state index in [1.807, 2.05) is 0 Å². The van der Waals surface area contributed by atoms with Crippen LogP contribution in [0.1, 0.15) is 26.7 Å². The lowest BCUT2D eigenvalue weighted by Gasteiger charge is -2.27. The average molecular weight is 310 g/mol. The van der Waals surface area contributed by atoms with E-state index in [2.05, 4.69) is 29.8 Å². The molecule has 0 atom stereocenters. The van der Waals surface area contributed by atoms with E-state index in [4.69, 9.17) is 13.3 Å². The fraction of sp³-hybridized carbons (Fsp3) is 0.667. The van der Waals surface area contributed by atoms with Gasteiger partial charge in [0.2, 0.25) is 0 Å². The molecule has 2 rings (SSSR count). The zero-order chi connectivity index (χ0) is 15.5. The Hall–Kier alpha value is -0.953. The smallest absolute Gasteiger partial charge is 0.377 e. The van der Waals surface area contributed by atoms with Gasteiger partial charge in [0.15, 0.2) is 0 Å². The van der Waals surface area contributed by atoms with Gasteiger partial charge in [-0.2, -0.15) is 0 Å². The van der Waals surface area contributed by atoms with Crippen molar-refractivity contribution < 1.29 is 13.3 Å². The van der Waals surface area contributed by atoms with E-state index < -0.39 is 8.80 Å². The molecule has 5 nitrogen and oxygen atoms in total. The van der Waals surface area contributed by atoms with E-state index in [9.17, 15) is 0 Å². The lowest BCUT2D eigenvalue weighted by molar-refractivity contribution is 0.122. The molecule has 21 heavy (non-hydrogen) atoms. The van der Waals surface area contributed by atoms with Crippen molar-refractivity contribution in [2.24, 2.45) is 4.99 Å². The molecule has 0 spiro atoms. The minimum atomic E-state index is -2.45. The topological polar surface area (TPSA) is 43.3 Å². The van der Waals surface area contributed by atoms with Crippen LogP contribution in [-0.2, 0) is 13.3 Å². The molecule has 0 unspecified atom stereocenters. The highest BCUT2D eigenvalue weighted by molar-refractivity contribution is 6.60. The van der Waals surface area contributed by atoms with Gasteiger partial charge in [0.05, 0.1) is 11.4 Å². The lowest BCUT2D eigenvalue weighted by atomic mass is 9.96. The van der Waals surface area contributed by atoms with Crippen LogP contribution in [0.5, 0.6) is 0 Å². The quantitative estimate of drug-likeness (QED) is 0.678. The fourth-order valence-corrected chi connectivity index (χ4v) is 4.49. The molecule has 0 radical (unpaired) electrons. The first-order valence-electron chi connectivity index (χ1n) is 7.37. The molecule has 1 aliphatic carbocycles. The molecule has 0 saturated heterocycles. The first kappa shape index (κ1) is 16.4. The van der Waals surface area contributed by atoms with Crippen LogP contribution < -0.4 is 0 Å². The van der Waals surface area contributed by atoms with Crippen LogP contribution in [-0.4, -0.2) is 54.0 Å². The van der Waals surface area contributed by atoms with Crippen molar-refractivity contribution in [1.82, 2.24) is 4.90 Å². The van der Waals surface area contributed by atoms with E-state index in [1.165, 1.54) is 22.6 Å². The minimum Gasteiger partial charge on any atom is -0.377 e. The fourth-order valence-electron chi connectivity index (χ4n) is 2.78. The van der Waals surface area contributed by atoms with Crippen molar-refractivity contribution in [1.29, 1.82) is 0 Å². The Morgan fingerprint density at radius 1 is 1.19 bits per heavy atom. The average Bonchev–Trinajstić information content (AvgIpc) is 2.87. The van der Waals surface area contributed by atoms with Crippen LogP contribution in [0.2, 0.25) is 6.04 Å². The molecule has 1 aliphatic heterocycles. The first-order chi connectivity index (χ1) is 10.0. The van der Waals surface area contributed by atoms with Crippen LogP contribution in [0, 0.1) is 0 Å². The third-order valence-electron chi connectivity index (χ3n) is 4.37. The van der Waals surface area contributed by atoms with Crippen LogP contribution in [0.3, 0.4) is 0 Å². The summed E-state index contributed by atoms with van der Waals surface area (Å²) < 4.78 is 16.4. The van der Waals surface area contributed by atoms with Gasteiger partial charge in [-0.25, -0.2) is 0 Å². The van der Waals surface area contributed by atoms with Gasteiger partial charge >= 0.3 is 8.80 Å². The predicted octanol–water partition coefficient (Wildman–Crippen LogP) is 2.59. The number of hydrogen-bond donors (Lipinski definition) is 0. The molecule has 1 heterocycles. The summed E-state index contributed by atoms with van der Waals surface area (Å²) in [6.07, 6.45) is 4.23. The van der Waals surface area contributed by atoms with Gasteiger partial charge in [-0.05, 0) is 31.9 Å². The van der Waals surface area contributed by atoms with E-state index in [0.29, 0.717) is 0 Å². The number of aliphatic imine (C=N–C) groups is 1. The molecule has 0 aromatic rings. The number of hydrogen-bond acceptors (Lipinski definition) is 5. The SMILES string of the molecule is CO[Si](CCCN1CN=C2CC(C)=C(C)C=C21)(OC)OC. The van der Waals surface area contributed by atoms with E-state index >= 15 is 0 Å². The number of nitrogens with zero attached hydrogens (tertiary/aromatic N) is 2. The van der Waals surface area contributed by atoms with Gasteiger partial charge in [-0.3, -0.25) is 4.99 Å². The van der Waals surface area contributed by atoms with Crippen molar-refractivity contribution >= 4 is 14.5 Å². The van der Waals surface area contributed by atoms with Crippen molar-refractivity contribution in [3.63, 3.8) is 0 Å². The molecular formula is C15H26N2O3Si.